The van der Waals surface area contributed by atoms with Crippen LogP contribution in [-0.4, -0.2) is 37.8 Å². The summed E-state index contributed by atoms with van der Waals surface area (Å²) in [5, 5.41) is 16.3. The normalized spacial score (nSPS) is 18.7. The van der Waals surface area contributed by atoms with Crippen molar-refractivity contribution in [3.63, 3.8) is 0 Å². The molecule has 1 aliphatic heterocycles. The van der Waals surface area contributed by atoms with E-state index in [4.69, 9.17) is 4.52 Å². The van der Waals surface area contributed by atoms with Crippen LogP contribution >= 0.6 is 11.3 Å². The molecule has 0 aromatic carbocycles. The summed E-state index contributed by atoms with van der Waals surface area (Å²) in [6, 6.07) is -0.341. The van der Waals surface area contributed by atoms with E-state index in [1.54, 1.807) is 11.8 Å². The van der Waals surface area contributed by atoms with Gasteiger partial charge in [0.25, 0.3) is 0 Å². The van der Waals surface area contributed by atoms with E-state index < -0.39 is 0 Å². The van der Waals surface area contributed by atoms with E-state index in [2.05, 4.69) is 25.7 Å². The fourth-order valence-electron chi connectivity index (χ4n) is 2.68. The van der Waals surface area contributed by atoms with Crippen molar-refractivity contribution in [1.29, 1.82) is 0 Å². The molecule has 1 atom stereocenters. The summed E-state index contributed by atoms with van der Waals surface area (Å²) in [6.45, 7) is 4.43. The molecule has 23 heavy (non-hydrogen) atoms. The number of anilines is 1. The van der Waals surface area contributed by atoms with Gasteiger partial charge in [0.05, 0.1) is 6.04 Å². The number of likely N-dealkylation sites (tertiary alicyclic amines) is 1. The second-order valence-corrected chi connectivity index (χ2v) is 6.58. The lowest BCUT2D eigenvalue weighted by atomic mass is 10.1. The largest absolute Gasteiger partial charge is 0.340 e. The van der Waals surface area contributed by atoms with Gasteiger partial charge in [0, 0.05) is 13.5 Å². The van der Waals surface area contributed by atoms with E-state index >= 15 is 0 Å². The highest BCUT2D eigenvalue weighted by Crippen LogP contribution is 2.29. The lowest BCUT2D eigenvalue weighted by Gasteiger charge is -2.27. The minimum Gasteiger partial charge on any atom is -0.340 e. The van der Waals surface area contributed by atoms with Crippen molar-refractivity contribution < 1.29 is 9.32 Å². The number of rotatable bonds is 3. The van der Waals surface area contributed by atoms with Crippen LogP contribution in [0.3, 0.4) is 0 Å². The van der Waals surface area contributed by atoms with Gasteiger partial charge in [-0.25, -0.2) is 4.79 Å². The number of urea groups is 1. The molecular formula is C14H20N6O2S. The molecule has 2 aromatic rings. The fraction of sp³-hybridized carbons (Fsp3) is 0.643. The van der Waals surface area contributed by atoms with Crippen molar-refractivity contribution in [3.05, 3.63) is 16.7 Å². The first-order valence-corrected chi connectivity index (χ1v) is 8.69. The SMILES string of the molecule is CCc1nnc(NC(=O)N2CCCCC[C@@H]2c2noc(C)n2)s1. The molecule has 9 heteroatoms. The van der Waals surface area contributed by atoms with Crippen LogP contribution in [0.25, 0.3) is 0 Å². The zero-order valence-corrected chi connectivity index (χ0v) is 14.1. The first kappa shape index (κ1) is 15.9. The predicted molar refractivity (Wildman–Crippen MR) is 85.3 cm³/mol. The topological polar surface area (TPSA) is 97.0 Å². The zero-order chi connectivity index (χ0) is 16.2. The fourth-order valence-corrected chi connectivity index (χ4v) is 3.35. The van der Waals surface area contributed by atoms with Gasteiger partial charge in [-0.2, -0.15) is 4.98 Å². The number of carbonyl (C=O) groups excluding carboxylic acids is 1. The summed E-state index contributed by atoms with van der Waals surface area (Å²) in [4.78, 5) is 18.8. The van der Waals surface area contributed by atoms with Gasteiger partial charge in [0.1, 0.15) is 5.01 Å². The van der Waals surface area contributed by atoms with Gasteiger partial charge < -0.3 is 9.42 Å². The van der Waals surface area contributed by atoms with Gasteiger partial charge >= 0.3 is 6.03 Å². The maximum atomic E-state index is 12.7. The Bertz CT molecular complexity index is 670. The molecule has 1 aliphatic rings. The quantitative estimate of drug-likeness (QED) is 0.925. The van der Waals surface area contributed by atoms with Gasteiger partial charge in [-0.15, -0.1) is 10.2 Å². The summed E-state index contributed by atoms with van der Waals surface area (Å²) in [7, 11) is 0. The molecule has 3 heterocycles. The number of nitrogens with one attached hydrogen (secondary N) is 1. The number of hydrogen-bond donors (Lipinski definition) is 1. The molecule has 2 amide bonds. The van der Waals surface area contributed by atoms with E-state index in [1.165, 1.54) is 11.3 Å². The third kappa shape index (κ3) is 3.66. The van der Waals surface area contributed by atoms with E-state index in [9.17, 15) is 4.79 Å². The van der Waals surface area contributed by atoms with Gasteiger partial charge in [-0.3, -0.25) is 5.32 Å². The Balaban J connectivity index is 1.77. The van der Waals surface area contributed by atoms with Crippen LogP contribution < -0.4 is 5.32 Å². The lowest BCUT2D eigenvalue weighted by Crippen LogP contribution is -2.38. The van der Waals surface area contributed by atoms with E-state index in [1.807, 2.05) is 6.92 Å². The highest BCUT2D eigenvalue weighted by molar-refractivity contribution is 7.15. The van der Waals surface area contributed by atoms with Crippen LogP contribution in [0.5, 0.6) is 0 Å². The molecule has 3 rings (SSSR count). The number of hydrogen-bond acceptors (Lipinski definition) is 7. The van der Waals surface area contributed by atoms with E-state index in [0.29, 0.717) is 23.4 Å². The number of amides is 2. The Hall–Kier alpha value is -2.03. The maximum absolute atomic E-state index is 12.7. The van der Waals surface area contributed by atoms with Gasteiger partial charge in [0.15, 0.2) is 5.82 Å². The highest BCUT2D eigenvalue weighted by atomic mass is 32.1. The molecule has 8 nitrogen and oxygen atoms in total. The number of aromatic nitrogens is 4. The summed E-state index contributed by atoms with van der Waals surface area (Å²) in [5.41, 5.74) is 0. The Morgan fingerprint density at radius 1 is 1.39 bits per heavy atom. The van der Waals surface area contributed by atoms with Gasteiger partial charge in [-0.1, -0.05) is 36.3 Å². The standard InChI is InChI=1S/C14H20N6O2S/c1-3-11-17-18-13(23-11)16-14(21)20-8-6-4-5-7-10(20)12-15-9(2)22-19-12/h10H,3-8H2,1-2H3,(H,16,18,21)/t10-/m1/s1. The van der Waals surface area contributed by atoms with Crippen molar-refractivity contribution in [2.75, 3.05) is 11.9 Å². The van der Waals surface area contributed by atoms with Crippen LogP contribution in [0.2, 0.25) is 0 Å². The second-order valence-electron chi connectivity index (χ2n) is 5.51. The molecule has 0 bridgehead atoms. The lowest BCUT2D eigenvalue weighted by molar-refractivity contribution is 0.184. The maximum Gasteiger partial charge on any atom is 0.324 e. The summed E-state index contributed by atoms with van der Waals surface area (Å²) in [5.74, 6) is 1.09. The van der Waals surface area contributed by atoms with Crippen LogP contribution in [0.4, 0.5) is 9.93 Å². The summed E-state index contributed by atoms with van der Waals surface area (Å²) in [6.07, 6.45) is 4.75. The van der Waals surface area contributed by atoms with E-state index in [0.717, 1.165) is 37.1 Å². The van der Waals surface area contributed by atoms with Crippen LogP contribution in [0.1, 0.15) is 55.4 Å². The van der Waals surface area contributed by atoms with Crippen LogP contribution in [-0.2, 0) is 6.42 Å². The number of aryl methyl sites for hydroxylation is 2. The molecule has 0 unspecified atom stereocenters. The van der Waals surface area contributed by atoms with Crippen molar-refractivity contribution in [3.8, 4) is 0 Å². The Labute approximate surface area is 138 Å². The summed E-state index contributed by atoms with van der Waals surface area (Å²) < 4.78 is 5.08. The molecule has 1 N–H and O–H groups in total. The van der Waals surface area contributed by atoms with Crippen molar-refractivity contribution >= 4 is 22.5 Å². The first-order chi connectivity index (χ1) is 11.2. The smallest absolute Gasteiger partial charge is 0.324 e. The van der Waals surface area contributed by atoms with Crippen LogP contribution in [0, 0.1) is 6.92 Å². The average molecular weight is 336 g/mol. The molecule has 1 fully saturated rings. The number of nitrogens with zero attached hydrogens (tertiary/aromatic N) is 5. The summed E-state index contributed by atoms with van der Waals surface area (Å²) >= 11 is 1.40. The third-order valence-electron chi connectivity index (χ3n) is 3.84. The van der Waals surface area contributed by atoms with E-state index in [-0.39, 0.29) is 12.1 Å². The third-order valence-corrected chi connectivity index (χ3v) is 4.82. The minimum absolute atomic E-state index is 0.159. The molecule has 124 valence electrons. The molecule has 0 radical (unpaired) electrons. The minimum atomic E-state index is -0.182. The van der Waals surface area contributed by atoms with Crippen LogP contribution in [0.15, 0.2) is 4.52 Å². The van der Waals surface area contributed by atoms with Crippen molar-refractivity contribution in [2.45, 2.75) is 52.0 Å². The monoisotopic (exact) mass is 336 g/mol. The second kappa shape index (κ2) is 7.03. The zero-order valence-electron chi connectivity index (χ0n) is 13.3. The molecule has 0 aliphatic carbocycles. The Morgan fingerprint density at radius 3 is 2.96 bits per heavy atom. The molecule has 1 saturated heterocycles. The van der Waals surface area contributed by atoms with Gasteiger partial charge in [-0.05, 0) is 19.3 Å². The number of carbonyl (C=O) groups is 1. The average Bonchev–Trinajstić information content (AvgIpc) is 3.09. The Morgan fingerprint density at radius 2 is 2.26 bits per heavy atom. The first-order valence-electron chi connectivity index (χ1n) is 7.87. The molecule has 0 saturated carbocycles. The Kier molecular flexibility index (Phi) is 4.85. The predicted octanol–water partition coefficient (Wildman–Crippen LogP) is 2.94. The molecule has 0 spiro atoms. The van der Waals surface area contributed by atoms with Gasteiger partial charge in [0.2, 0.25) is 11.0 Å². The highest BCUT2D eigenvalue weighted by Gasteiger charge is 2.30. The van der Waals surface area contributed by atoms with Crippen molar-refractivity contribution in [2.24, 2.45) is 0 Å². The molecular weight excluding hydrogens is 316 g/mol. The molecule has 2 aromatic heterocycles. The van der Waals surface area contributed by atoms with Crippen molar-refractivity contribution in [1.82, 2.24) is 25.2 Å².